The number of nitrogens with zero attached hydrogens (tertiary/aromatic N) is 3. The molecule has 0 radical (unpaired) electrons. The summed E-state index contributed by atoms with van der Waals surface area (Å²) in [5.41, 5.74) is 8.20. The maximum Gasteiger partial charge on any atom is 0.134 e. The maximum atomic E-state index is 9.84. The zero-order valence-corrected chi connectivity index (χ0v) is 20.2. The lowest BCUT2D eigenvalue weighted by Gasteiger charge is -2.33. The van der Waals surface area contributed by atoms with Crippen molar-refractivity contribution >= 4 is 22.6 Å². The molecule has 2 aromatic heterocycles. The molecule has 2 heterocycles. The highest BCUT2D eigenvalue weighted by Gasteiger charge is 2.32. The van der Waals surface area contributed by atoms with Gasteiger partial charge in [0.1, 0.15) is 11.1 Å². The van der Waals surface area contributed by atoms with Gasteiger partial charge in [-0.1, -0.05) is 32.9 Å². The van der Waals surface area contributed by atoms with Crippen molar-refractivity contribution < 1.29 is 0 Å². The normalized spacial score (nSPS) is 16.5. The Morgan fingerprint density at radius 2 is 1.97 bits per heavy atom. The molecule has 1 aliphatic carbocycles. The van der Waals surface area contributed by atoms with Gasteiger partial charge in [-0.2, -0.15) is 5.26 Å². The largest absolute Gasteiger partial charge is 0.318 e. The number of rotatable bonds is 3. The molecular weight excluding hydrogens is 398 g/mol. The predicted molar refractivity (Wildman–Crippen MR) is 131 cm³/mol. The Morgan fingerprint density at radius 3 is 2.65 bits per heavy atom. The van der Waals surface area contributed by atoms with Gasteiger partial charge in [0.05, 0.1) is 5.56 Å². The Labute approximate surface area is 190 Å². The lowest BCUT2D eigenvalue weighted by atomic mass is 9.72. The molecule has 0 saturated carbocycles. The standard InChI is InChI=1S/C27H31N3S/c1-17-8-7-9-22(12-17)30-18(2)13-20(19(30)3)16-29-26-24(15-28)23-11-10-21(27(4,5)6)14-25(23)31-26/h7-9,12-13,16,21H,10-11,14H2,1-6H3/t21-/m0/s1. The smallest absolute Gasteiger partial charge is 0.134 e. The van der Waals surface area contributed by atoms with E-state index in [0.717, 1.165) is 35.4 Å². The fourth-order valence-corrected chi connectivity index (χ4v) is 5.95. The van der Waals surface area contributed by atoms with E-state index in [1.807, 2.05) is 6.21 Å². The van der Waals surface area contributed by atoms with Crippen LogP contribution in [0.3, 0.4) is 0 Å². The van der Waals surface area contributed by atoms with Gasteiger partial charge in [0, 0.05) is 33.7 Å². The van der Waals surface area contributed by atoms with Crippen molar-refractivity contribution in [1.29, 1.82) is 5.26 Å². The number of hydrogen-bond donors (Lipinski definition) is 0. The van der Waals surface area contributed by atoms with E-state index in [1.54, 1.807) is 11.3 Å². The van der Waals surface area contributed by atoms with Gasteiger partial charge in [-0.05, 0) is 80.7 Å². The van der Waals surface area contributed by atoms with Crippen molar-refractivity contribution in [3.8, 4) is 11.8 Å². The van der Waals surface area contributed by atoms with E-state index in [1.165, 1.54) is 33.1 Å². The van der Waals surface area contributed by atoms with Gasteiger partial charge in [0.2, 0.25) is 0 Å². The molecule has 0 saturated heterocycles. The van der Waals surface area contributed by atoms with Crippen LogP contribution in [0, 0.1) is 43.4 Å². The molecule has 3 nitrogen and oxygen atoms in total. The zero-order chi connectivity index (χ0) is 22.3. The van der Waals surface area contributed by atoms with E-state index in [4.69, 9.17) is 4.99 Å². The molecule has 0 fully saturated rings. The minimum absolute atomic E-state index is 0.297. The van der Waals surface area contributed by atoms with Gasteiger partial charge in [0.15, 0.2) is 0 Å². The second-order valence-corrected chi connectivity index (χ2v) is 10.9. The van der Waals surface area contributed by atoms with Gasteiger partial charge in [-0.15, -0.1) is 11.3 Å². The lowest BCUT2D eigenvalue weighted by Crippen LogP contribution is -2.26. The average Bonchev–Trinajstić information content (AvgIpc) is 3.20. The van der Waals surface area contributed by atoms with E-state index < -0.39 is 0 Å². The molecule has 1 atom stereocenters. The first-order valence-corrected chi connectivity index (χ1v) is 11.9. The predicted octanol–water partition coefficient (Wildman–Crippen LogP) is 7.24. The molecule has 31 heavy (non-hydrogen) atoms. The number of hydrogen-bond acceptors (Lipinski definition) is 3. The molecule has 0 unspecified atom stereocenters. The molecule has 0 bridgehead atoms. The summed E-state index contributed by atoms with van der Waals surface area (Å²) in [5.74, 6) is 0.662. The quantitative estimate of drug-likeness (QED) is 0.405. The first-order valence-electron chi connectivity index (χ1n) is 11.0. The number of aromatic nitrogens is 1. The van der Waals surface area contributed by atoms with E-state index in [-0.39, 0.29) is 0 Å². The third-order valence-corrected chi connectivity index (χ3v) is 7.80. The highest BCUT2D eigenvalue weighted by molar-refractivity contribution is 7.16. The third-order valence-electron chi connectivity index (χ3n) is 6.63. The molecule has 0 spiro atoms. The average molecular weight is 430 g/mol. The highest BCUT2D eigenvalue weighted by atomic mass is 32.1. The number of thiophene rings is 1. The molecule has 1 aliphatic rings. The first kappa shape index (κ1) is 21.6. The van der Waals surface area contributed by atoms with Crippen LogP contribution < -0.4 is 0 Å². The minimum atomic E-state index is 0.297. The van der Waals surface area contributed by atoms with Gasteiger partial charge < -0.3 is 4.57 Å². The molecule has 1 aromatic carbocycles. The van der Waals surface area contributed by atoms with E-state index in [9.17, 15) is 5.26 Å². The number of benzene rings is 1. The van der Waals surface area contributed by atoms with Gasteiger partial charge in [0.25, 0.3) is 0 Å². The molecule has 160 valence electrons. The molecule has 4 heteroatoms. The van der Waals surface area contributed by atoms with Crippen LogP contribution in [0.25, 0.3) is 5.69 Å². The highest BCUT2D eigenvalue weighted by Crippen LogP contribution is 2.44. The van der Waals surface area contributed by atoms with Crippen molar-refractivity contribution in [1.82, 2.24) is 4.57 Å². The third kappa shape index (κ3) is 4.12. The molecule has 3 aromatic rings. The van der Waals surface area contributed by atoms with Crippen molar-refractivity contribution in [2.45, 2.75) is 60.8 Å². The Hall–Kier alpha value is -2.64. The van der Waals surface area contributed by atoms with Crippen LogP contribution in [0.5, 0.6) is 0 Å². The molecule has 0 amide bonds. The second kappa shape index (κ2) is 8.13. The first-order chi connectivity index (χ1) is 14.7. The number of nitriles is 1. The van der Waals surface area contributed by atoms with Gasteiger partial charge in [-0.25, -0.2) is 4.99 Å². The summed E-state index contributed by atoms with van der Waals surface area (Å²) in [6.07, 6.45) is 5.15. The summed E-state index contributed by atoms with van der Waals surface area (Å²) in [6, 6.07) is 13.2. The summed E-state index contributed by atoms with van der Waals surface area (Å²) < 4.78 is 2.27. The summed E-state index contributed by atoms with van der Waals surface area (Å²) in [4.78, 5) is 6.18. The lowest BCUT2D eigenvalue weighted by molar-refractivity contribution is 0.218. The van der Waals surface area contributed by atoms with Crippen molar-refractivity contribution in [2.24, 2.45) is 16.3 Å². The Balaban J connectivity index is 1.67. The molecule has 4 rings (SSSR count). The monoisotopic (exact) mass is 429 g/mol. The van der Waals surface area contributed by atoms with Crippen LogP contribution in [0.4, 0.5) is 5.00 Å². The van der Waals surface area contributed by atoms with Crippen molar-refractivity contribution in [2.75, 3.05) is 0 Å². The second-order valence-electron chi connectivity index (χ2n) is 9.86. The van der Waals surface area contributed by atoms with Crippen LogP contribution in [0.1, 0.15) is 65.7 Å². The number of aryl methyl sites for hydroxylation is 2. The van der Waals surface area contributed by atoms with Crippen molar-refractivity contribution in [3.05, 3.63) is 68.9 Å². The fourth-order valence-electron chi connectivity index (χ4n) is 4.73. The molecule has 0 N–H and O–H groups in total. The SMILES string of the molecule is Cc1cccc(-n2c(C)cc(C=Nc3sc4c(c3C#N)CC[C@H](C(C)(C)C)C4)c2C)c1. The van der Waals surface area contributed by atoms with Crippen LogP contribution in [-0.2, 0) is 12.8 Å². The number of aliphatic imine (C=N–C) groups is 1. The fraction of sp³-hybridized carbons (Fsp3) is 0.407. The number of fused-ring (bicyclic) bond motifs is 1. The van der Waals surface area contributed by atoms with Gasteiger partial charge in [-0.3, -0.25) is 0 Å². The van der Waals surface area contributed by atoms with Crippen LogP contribution in [0.2, 0.25) is 0 Å². The Kier molecular flexibility index (Phi) is 5.66. The summed E-state index contributed by atoms with van der Waals surface area (Å²) in [7, 11) is 0. The van der Waals surface area contributed by atoms with Crippen molar-refractivity contribution in [3.63, 3.8) is 0 Å². The minimum Gasteiger partial charge on any atom is -0.318 e. The van der Waals surface area contributed by atoms with Crippen LogP contribution in [-0.4, -0.2) is 10.8 Å². The summed E-state index contributed by atoms with van der Waals surface area (Å²) in [6.45, 7) is 13.4. The van der Waals surface area contributed by atoms with Crippen LogP contribution in [0.15, 0.2) is 35.3 Å². The van der Waals surface area contributed by atoms with Crippen LogP contribution >= 0.6 is 11.3 Å². The summed E-state index contributed by atoms with van der Waals surface area (Å²) in [5, 5.41) is 10.7. The topological polar surface area (TPSA) is 41.1 Å². The Bertz CT molecular complexity index is 1190. The zero-order valence-electron chi connectivity index (χ0n) is 19.4. The van der Waals surface area contributed by atoms with E-state index >= 15 is 0 Å². The molecular formula is C27H31N3S. The Morgan fingerprint density at radius 1 is 1.19 bits per heavy atom. The summed E-state index contributed by atoms with van der Waals surface area (Å²) >= 11 is 1.71. The van der Waals surface area contributed by atoms with E-state index in [2.05, 4.69) is 82.5 Å². The maximum absolute atomic E-state index is 9.84. The molecule has 0 aliphatic heterocycles. The van der Waals surface area contributed by atoms with Gasteiger partial charge >= 0.3 is 0 Å². The van der Waals surface area contributed by atoms with E-state index in [0.29, 0.717) is 11.3 Å².